The number of esters is 1. The maximum Gasteiger partial charge on any atom is 0.373 e. The average Bonchev–Trinajstić information content (AvgIpc) is 2.25. The SMILES string of the molecule is COC(=O)/C(=C/c1cccc(C)c1)OC. The molecule has 0 fully saturated rings. The summed E-state index contributed by atoms with van der Waals surface area (Å²) in [5, 5.41) is 0. The molecular formula is C12H14O3. The normalized spacial score (nSPS) is 11.0. The Bertz CT molecular complexity index is 380. The third-order valence-corrected chi connectivity index (χ3v) is 1.95. The molecule has 0 aliphatic rings. The topological polar surface area (TPSA) is 35.5 Å². The maximum absolute atomic E-state index is 11.2. The number of hydrogen-bond acceptors (Lipinski definition) is 3. The second-order valence-corrected chi connectivity index (χ2v) is 3.12. The molecule has 0 atom stereocenters. The Labute approximate surface area is 89.3 Å². The van der Waals surface area contributed by atoms with Crippen LogP contribution in [0.2, 0.25) is 0 Å². The minimum Gasteiger partial charge on any atom is -0.490 e. The van der Waals surface area contributed by atoms with E-state index in [1.165, 1.54) is 14.2 Å². The Kier molecular flexibility index (Phi) is 3.92. The van der Waals surface area contributed by atoms with Crippen LogP contribution in [-0.4, -0.2) is 20.2 Å². The number of hydrogen-bond donors (Lipinski definition) is 0. The summed E-state index contributed by atoms with van der Waals surface area (Å²) in [6, 6.07) is 7.77. The van der Waals surface area contributed by atoms with Gasteiger partial charge in [-0.15, -0.1) is 0 Å². The molecule has 1 aromatic carbocycles. The highest BCUT2D eigenvalue weighted by atomic mass is 16.6. The van der Waals surface area contributed by atoms with Gasteiger partial charge in [0.15, 0.2) is 0 Å². The van der Waals surface area contributed by atoms with E-state index in [9.17, 15) is 4.79 Å². The van der Waals surface area contributed by atoms with E-state index in [1.54, 1.807) is 6.08 Å². The molecule has 0 saturated heterocycles. The summed E-state index contributed by atoms with van der Waals surface area (Å²) in [5.41, 5.74) is 2.04. The van der Waals surface area contributed by atoms with Gasteiger partial charge in [0.05, 0.1) is 14.2 Å². The summed E-state index contributed by atoms with van der Waals surface area (Å²) >= 11 is 0. The van der Waals surface area contributed by atoms with Crippen LogP contribution < -0.4 is 0 Å². The Morgan fingerprint density at radius 3 is 2.53 bits per heavy atom. The van der Waals surface area contributed by atoms with E-state index < -0.39 is 5.97 Å². The zero-order chi connectivity index (χ0) is 11.3. The summed E-state index contributed by atoms with van der Waals surface area (Å²) in [7, 11) is 2.77. The fraction of sp³-hybridized carbons (Fsp3) is 0.250. The van der Waals surface area contributed by atoms with E-state index in [0.717, 1.165) is 11.1 Å². The van der Waals surface area contributed by atoms with Gasteiger partial charge in [0, 0.05) is 0 Å². The van der Waals surface area contributed by atoms with Crippen molar-refractivity contribution < 1.29 is 14.3 Å². The van der Waals surface area contributed by atoms with Crippen molar-refractivity contribution in [3.63, 3.8) is 0 Å². The molecule has 0 radical (unpaired) electrons. The highest BCUT2D eigenvalue weighted by Crippen LogP contribution is 2.10. The lowest BCUT2D eigenvalue weighted by atomic mass is 10.1. The molecule has 1 aromatic rings. The minimum atomic E-state index is -0.473. The smallest absolute Gasteiger partial charge is 0.373 e. The lowest BCUT2D eigenvalue weighted by Crippen LogP contribution is -2.06. The van der Waals surface area contributed by atoms with Crippen molar-refractivity contribution in [1.29, 1.82) is 0 Å². The molecule has 80 valence electrons. The maximum atomic E-state index is 11.2. The Balaban J connectivity index is 2.98. The number of carbonyl (C=O) groups is 1. The van der Waals surface area contributed by atoms with Gasteiger partial charge >= 0.3 is 5.97 Å². The third kappa shape index (κ3) is 3.13. The van der Waals surface area contributed by atoms with E-state index in [1.807, 2.05) is 31.2 Å². The molecule has 0 aromatic heterocycles. The summed E-state index contributed by atoms with van der Waals surface area (Å²) in [6.07, 6.45) is 1.65. The molecular weight excluding hydrogens is 192 g/mol. The van der Waals surface area contributed by atoms with Gasteiger partial charge in [-0.25, -0.2) is 4.79 Å². The lowest BCUT2D eigenvalue weighted by molar-refractivity contribution is -0.139. The highest BCUT2D eigenvalue weighted by Gasteiger charge is 2.08. The van der Waals surface area contributed by atoms with Gasteiger partial charge < -0.3 is 9.47 Å². The molecule has 0 unspecified atom stereocenters. The number of methoxy groups -OCH3 is 2. The first-order valence-corrected chi connectivity index (χ1v) is 4.58. The van der Waals surface area contributed by atoms with E-state index >= 15 is 0 Å². The second kappa shape index (κ2) is 5.20. The number of benzene rings is 1. The molecule has 0 saturated carbocycles. The van der Waals surface area contributed by atoms with Crippen LogP contribution in [0.5, 0.6) is 0 Å². The monoisotopic (exact) mass is 206 g/mol. The Hall–Kier alpha value is -1.77. The zero-order valence-electron chi connectivity index (χ0n) is 9.11. The molecule has 1 rings (SSSR count). The van der Waals surface area contributed by atoms with Crippen LogP contribution in [0.15, 0.2) is 30.0 Å². The van der Waals surface area contributed by atoms with Crippen molar-refractivity contribution >= 4 is 12.0 Å². The fourth-order valence-electron chi connectivity index (χ4n) is 1.21. The third-order valence-electron chi connectivity index (χ3n) is 1.95. The van der Waals surface area contributed by atoms with Crippen molar-refractivity contribution in [2.24, 2.45) is 0 Å². The van der Waals surface area contributed by atoms with Crippen molar-refractivity contribution in [3.8, 4) is 0 Å². The molecule has 0 aliphatic carbocycles. The predicted octanol–water partition coefficient (Wildman–Crippen LogP) is 2.16. The molecule has 0 amide bonds. The summed E-state index contributed by atoms with van der Waals surface area (Å²) in [5.74, 6) is -0.276. The first-order chi connectivity index (χ1) is 7.17. The van der Waals surface area contributed by atoms with Crippen molar-refractivity contribution in [3.05, 3.63) is 41.2 Å². The van der Waals surface area contributed by atoms with Gasteiger partial charge in [-0.3, -0.25) is 0 Å². The van der Waals surface area contributed by atoms with Gasteiger partial charge in [0.1, 0.15) is 0 Å². The van der Waals surface area contributed by atoms with Crippen LogP contribution in [-0.2, 0) is 14.3 Å². The van der Waals surface area contributed by atoms with Crippen LogP contribution in [0.3, 0.4) is 0 Å². The highest BCUT2D eigenvalue weighted by molar-refractivity contribution is 5.91. The minimum absolute atomic E-state index is 0.197. The quantitative estimate of drug-likeness (QED) is 0.432. The molecule has 0 bridgehead atoms. The Morgan fingerprint density at radius 1 is 1.27 bits per heavy atom. The average molecular weight is 206 g/mol. The van der Waals surface area contributed by atoms with E-state index in [4.69, 9.17) is 4.74 Å². The van der Waals surface area contributed by atoms with Crippen molar-refractivity contribution in [2.75, 3.05) is 14.2 Å². The van der Waals surface area contributed by atoms with Crippen molar-refractivity contribution in [2.45, 2.75) is 6.92 Å². The van der Waals surface area contributed by atoms with E-state index in [2.05, 4.69) is 4.74 Å². The summed E-state index contributed by atoms with van der Waals surface area (Å²) in [4.78, 5) is 11.2. The molecule has 0 N–H and O–H groups in total. The lowest BCUT2D eigenvalue weighted by Gasteiger charge is -2.03. The number of ether oxygens (including phenoxy) is 2. The Morgan fingerprint density at radius 2 is 2.00 bits per heavy atom. The number of aryl methyl sites for hydroxylation is 1. The summed E-state index contributed by atoms with van der Waals surface area (Å²) in [6.45, 7) is 1.99. The fourth-order valence-corrected chi connectivity index (χ4v) is 1.21. The first-order valence-electron chi connectivity index (χ1n) is 4.58. The van der Waals surface area contributed by atoms with Crippen LogP contribution >= 0.6 is 0 Å². The standard InChI is InChI=1S/C12H14O3/c1-9-5-4-6-10(7-9)8-11(14-2)12(13)15-3/h4-8H,1-3H3/b11-8-. The van der Waals surface area contributed by atoms with Gasteiger partial charge in [0.2, 0.25) is 5.76 Å². The largest absolute Gasteiger partial charge is 0.490 e. The van der Waals surface area contributed by atoms with Gasteiger partial charge in [-0.1, -0.05) is 29.8 Å². The van der Waals surface area contributed by atoms with Gasteiger partial charge in [0.25, 0.3) is 0 Å². The van der Waals surface area contributed by atoms with Crippen LogP contribution in [0.25, 0.3) is 6.08 Å². The second-order valence-electron chi connectivity index (χ2n) is 3.12. The predicted molar refractivity (Wildman–Crippen MR) is 58.2 cm³/mol. The molecule has 3 heteroatoms. The molecule has 3 nitrogen and oxygen atoms in total. The summed E-state index contributed by atoms with van der Waals surface area (Å²) < 4.78 is 9.51. The zero-order valence-corrected chi connectivity index (χ0v) is 9.11. The van der Waals surface area contributed by atoms with Crippen LogP contribution in [0, 0.1) is 6.92 Å². The molecule has 0 spiro atoms. The van der Waals surface area contributed by atoms with Crippen molar-refractivity contribution in [1.82, 2.24) is 0 Å². The molecule has 0 heterocycles. The number of rotatable bonds is 3. The number of carbonyl (C=O) groups excluding carboxylic acids is 1. The van der Waals surface area contributed by atoms with E-state index in [0.29, 0.717) is 0 Å². The molecule has 15 heavy (non-hydrogen) atoms. The van der Waals surface area contributed by atoms with Gasteiger partial charge in [-0.05, 0) is 18.6 Å². The van der Waals surface area contributed by atoms with E-state index in [-0.39, 0.29) is 5.76 Å². The first kappa shape index (κ1) is 11.3. The molecule has 0 aliphatic heterocycles. The van der Waals surface area contributed by atoms with Crippen LogP contribution in [0.4, 0.5) is 0 Å². The van der Waals surface area contributed by atoms with Crippen LogP contribution in [0.1, 0.15) is 11.1 Å². The van der Waals surface area contributed by atoms with Gasteiger partial charge in [-0.2, -0.15) is 0 Å².